The summed E-state index contributed by atoms with van der Waals surface area (Å²) >= 11 is 0. The molecule has 2 amide bonds. The second kappa shape index (κ2) is 5.58. The van der Waals surface area contributed by atoms with E-state index in [0.717, 1.165) is 30.8 Å². The van der Waals surface area contributed by atoms with E-state index in [0.29, 0.717) is 11.5 Å². The predicted molar refractivity (Wildman–Crippen MR) is 96.6 cm³/mol. The third-order valence-corrected chi connectivity index (χ3v) is 5.49. The van der Waals surface area contributed by atoms with Gasteiger partial charge in [-0.2, -0.15) is 0 Å². The molecule has 2 atom stereocenters. The topological polar surface area (TPSA) is 63.1 Å². The summed E-state index contributed by atoms with van der Waals surface area (Å²) < 4.78 is 1.82. The van der Waals surface area contributed by atoms with Crippen LogP contribution >= 0.6 is 0 Å². The number of nitrogens with zero attached hydrogens (tertiary/aromatic N) is 4. The van der Waals surface area contributed by atoms with Gasteiger partial charge >= 0.3 is 6.03 Å². The molecule has 1 aliphatic heterocycles. The van der Waals surface area contributed by atoms with Crippen LogP contribution in [0.15, 0.2) is 36.9 Å². The molecule has 1 aromatic heterocycles. The number of carbonyl (C=O) groups is 1. The van der Waals surface area contributed by atoms with Gasteiger partial charge in [0.05, 0.1) is 5.69 Å². The van der Waals surface area contributed by atoms with Gasteiger partial charge in [-0.05, 0) is 48.3 Å². The third kappa shape index (κ3) is 3.13. The molecule has 0 radical (unpaired) electrons. The Morgan fingerprint density at radius 1 is 1.20 bits per heavy atom. The maximum Gasteiger partial charge on any atom is 0.322 e. The molecule has 4 rings (SSSR count). The van der Waals surface area contributed by atoms with Crippen molar-refractivity contribution in [2.45, 2.75) is 46.1 Å². The Kier molecular flexibility index (Phi) is 3.60. The van der Waals surface area contributed by atoms with Crippen LogP contribution in [-0.4, -0.2) is 38.3 Å². The van der Waals surface area contributed by atoms with Crippen molar-refractivity contribution in [1.82, 2.24) is 19.7 Å². The summed E-state index contributed by atoms with van der Waals surface area (Å²) in [5.41, 5.74) is 2.27. The molecule has 1 aromatic carbocycles. The summed E-state index contributed by atoms with van der Waals surface area (Å²) in [5, 5.41) is 10.7. The first-order valence-electron chi connectivity index (χ1n) is 8.86. The lowest BCUT2D eigenvalue weighted by atomic mass is 9.65. The molecule has 2 aliphatic rings. The van der Waals surface area contributed by atoms with Crippen molar-refractivity contribution >= 4 is 11.7 Å². The second-order valence-corrected chi connectivity index (χ2v) is 8.69. The highest BCUT2D eigenvalue weighted by atomic mass is 16.2. The summed E-state index contributed by atoms with van der Waals surface area (Å²) in [7, 11) is 0. The minimum atomic E-state index is 0.00679. The molecule has 6 nitrogen and oxygen atoms in total. The summed E-state index contributed by atoms with van der Waals surface area (Å²) in [6.07, 6.45) is 6.67. The Hall–Kier alpha value is -2.37. The molecule has 2 heterocycles. The van der Waals surface area contributed by atoms with Gasteiger partial charge < -0.3 is 10.2 Å². The predicted octanol–water partition coefficient (Wildman–Crippen LogP) is 3.70. The standard InChI is InChI=1S/C19H25N5O/c1-18(2)8-16-9-19(3,10-18)11-24(16)17(25)22-14-5-4-6-15(7-14)23-12-20-21-13-23/h4-7,12-13,16H,8-11H2,1-3H3,(H,22,25)/t16-,19-/m1/s1. The highest BCUT2D eigenvalue weighted by Gasteiger charge is 2.50. The molecular weight excluding hydrogens is 314 g/mol. The Bertz CT molecular complexity index is 785. The maximum absolute atomic E-state index is 12.9. The van der Waals surface area contributed by atoms with Crippen molar-refractivity contribution in [2.75, 3.05) is 11.9 Å². The number of rotatable bonds is 2. The fourth-order valence-electron chi connectivity index (χ4n) is 4.97. The van der Waals surface area contributed by atoms with E-state index in [4.69, 9.17) is 0 Å². The Labute approximate surface area is 148 Å². The van der Waals surface area contributed by atoms with E-state index in [-0.39, 0.29) is 11.4 Å². The summed E-state index contributed by atoms with van der Waals surface area (Å²) in [6.45, 7) is 7.81. The molecule has 1 N–H and O–H groups in total. The molecule has 132 valence electrons. The highest BCUT2D eigenvalue weighted by Crippen LogP contribution is 2.52. The number of hydrogen-bond donors (Lipinski definition) is 1. The fraction of sp³-hybridized carbons (Fsp3) is 0.526. The van der Waals surface area contributed by atoms with Crippen molar-refractivity contribution in [2.24, 2.45) is 10.8 Å². The number of anilines is 1. The minimum absolute atomic E-state index is 0.00679. The van der Waals surface area contributed by atoms with Crippen molar-refractivity contribution in [3.05, 3.63) is 36.9 Å². The monoisotopic (exact) mass is 339 g/mol. The molecule has 6 heteroatoms. The van der Waals surface area contributed by atoms with Crippen molar-refractivity contribution in [1.29, 1.82) is 0 Å². The van der Waals surface area contributed by atoms with Gasteiger partial charge in [-0.3, -0.25) is 4.57 Å². The average molecular weight is 339 g/mol. The van der Waals surface area contributed by atoms with Crippen LogP contribution in [0.2, 0.25) is 0 Å². The summed E-state index contributed by atoms with van der Waals surface area (Å²) in [5.74, 6) is 0. The molecule has 1 aliphatic carbocycles. The number of amides is 2. The van der Waals surface area contributed by atoms with Gasteiger partial charge in [0.15, 0.2) is 0 Å². The highest BCUT2D eigenvalue weighted by molar-refractivity contribution is 5.90. The lowest BCUT2D eigenvalue weighted by molar-refractivity contribution is 0.130. The van der Waals surface area contributed by atoms with Crippen LogP contribution < -0.4 is 5.32 Å². The van der Waals surface area contributed by atoms with Crippen molar-refractivity contribution < 1.29 is 4.79 Å². The zero-order chi connectivity index (χ0) is 17.7. The van der Waals surface area contributed by atoms with Gasteiger partial charge in [0, 0.05) is 18.3 Å². The Morgan fingerprint density at radius 3 is 2.72 bits per heavy atom. The minimum Gasteiger partial charge on any atom is -0.321 e. The smallest absolute Gasteiger partial charge is 0.321 e. The molecule has 2 fully saturated rings. The number of carbonyl (C=O) groups excluding carboxylic acids is 1. The zero-order valence-corrected chi connectivity index (χ0v) is 15.1. The average Bonchev–Trinajstić information content (AvgIpc) is 3.12. The molecule has 0 spiro atoms. The molecule has 2 bridgehead atoms. The number of urea groups is 1. The van der Waals surface area contributed by atoms with Gasteiger partial charge in [-0.15, -0.1) is 10.2 Å². The number of aromatic nitrogens is 3. The largest absolute Gasteiger partial charge is 0.322 e. The van der Waals surface area contributed by atoms with Crippen LogP contribution in [0.5, 0.6) is 0 Å². The fourth-order valence-corrected chi connectivity index (χ4v) is 4.97. The first-order valence-corrected chi connectivity index (χ1v) is 8.86. The SMILES string of the molecule is CC1(C)C[C@@H]2C[C@@](C)(CN2C(=O)Nc2cccc(-n3cnnc3)c2)C1. The molecular formula is C19H25N5O. The summed E-state index contributed by atoms with van der Waals surface area (Å²) in [4.78, 5) is 14.9. The van der Waals surface area contributed by atoms with Gasteiger partial charge in [0.1, 0.15) is 12.7 Å². The third-order valence-electron chi connectivity index (χ3n) is 5.49. The first-order chi connectivity index (χ1) is 11.8. The van der Waals surface area contributed by atoms with E-state index >= 15 is 0 Å². The number of benzene rings is 1. The number of nitrogens with one attached hydrogen (secondary N) is 1. The van der Waals surface area contributed by atoms with Gasteiger partial charge in [-0.1, -0.05) is 26.8 Å². The van der Waals surface area contributed by atoms with Gasteiger partial charge in [0.2, 0.25) is 0 Å². The van der Waals surface area contributed by atoms with Crippen LogP contribution in [0.1, 0.15) is 40.0 Å². The number of hydrogen-bond acceptors (Lipinski definition) is 3. The Balaban J connectivity index is 1.51. The quantitative estimate of drug-likeness (QED) is 0.907. The lowest BCUT2D eigenvalue weighted by Crippen LogP contribution is -2.40. The van der Waals surface area contributed by atoms with Crippen LogP contribution in [0.4, 0.5) is 10.5 Å². The van der Waals surface area contributed by atoms with Crippen LogP contribution in [0, 0.1) is 10.8 Å². The Morgan fingerprint density at radius 2 is 1.96 bits per heavy atom. The van der Waals surface area contributed by atoms with Crippen LogP contribution in [0.3, 0.4) is 0 Å². The van der Waals surface area contributed by atoms with E-state index in [1.165, 1.54) is 6.42 Å². The van der Waals surface area contributed by atoms with Crippen LogP contribution in [-0.2, 0) is 0 Å². The molecule has 1 saturated carbocycles. The van der Waals surface area contributed by atoms with E-state index in [1.54, 1.807) is 12.7 Å². The first kappa shape index (κ1) is 16.1. The number of fused-ring (bicyclic) bond motifs is 2. The van der Waals surface area contributed by atoms with Crippen LogP contribution in [0.25, 0.3) is 5.69 Å². The van der Waals surface area contributed by atoms with E-state index < -0.39 is 0 Å². The molecule has 2 aromatic rings. The van der Waals surface area contributed by atoms with E-state index in [2.05, 4.69) is 36.3 Å². The van der Waals surface area contributed by atoms with E-state index in [9.17, 15) is 4.79 Å². The van der Waals surface area contributed by atoms with E-state index in [1.807, 2.05) is 33.7 Å². The second-order valence-electron chi connectivity index (χ2n) is 8.69. The number of likely N-dealkylation sites (tertiary alicyclic amines) is 1. The summed E-state index contributed by atoms with van der Waals surface area (Å²) in [6, 6.07) is 8.10. The van der Waals surface area contributed by atoms with Gasteiger partial charge in [0.25, 0.3) is 0 Å². The van der Waals surface area contributed by atoms with Crippen molar-refractivity contribution in [3.63, 3.8) is 0 Å². The molecule has 0 unspecified atom stereocenters. The molecule has 1 saturated heterocycles. The van der Waals surface area contributed by atoms with Crippen molar-refractivity contribution in [3.8, 4) is 5.69 Å². The van der Waals surface area contributed by atoms with Gasteiger partial charge in [-0.25, -0.2) is 4.79 Å². The zero-order valence-electron chi connectivity index (χ0n) is 15.1. The molecule has 25 heavy (non-hydrogen) atoms. The normalized spacial score (nSPS) is 27.3. The lowest BCUT2D eigenvalue weighted by Gasteiger charge is -2.39. The maximum atomic E-state index is 12.9.